The molecule has 1 saturated heterocycles. The fraction of sp³-hybridized carbons (Fsp3) is 0.462. The molecule has 2 heterocycles. The zero-order chi connectivity index (χ0) is 14.4. The quantitative estimate of drug-likeness (QED) is 0.832. The Morgan fingerprint density at radius 1 is 1.25 bits per heavy atom. The van der Waals surface area contributed by atoms with Crippen LogP contribution in [0, 0.1) is 0 Å². The first kappa shape index (κ1) is 14.1. The number of carbonyl (C=O) groups excluding carboxylic acids is 1. The van der Waals surface area contributed by atoms with Crippen LogP contribution in [0.1, 0.15) is 6.42 Å². The molecule has 2 rings (SSSR count). The number of nitrogens with one attached hydrogen (secondary N) is 1. The van der Waals surface area contributed by atoms with Gasteiger partial charge in [-0.1, -0.05) is 6.07 Å². The van der Waals surface area contributed by atoms with E-state index in [0.717, 1.165) is 18.9 Å². The topological polar surface area (TPSA) is 85.8 Å². The third-order valence-corrected chi connectivity index (χ3v) is 3.16. The van der Waals surface area contributed by atoms with E-state index in [2.05, 4.69) is 15.2 Å². The zero-order valence-corrected chi connectivity index (χ0v) is 11.2. The molecule has 0 bridgehead atoms. The molecule has 1 aliphatic rings. The maximum atomic E-state index is 11.8. The van der Waals surface area contributed by atoms with E-state index in [9.17, 15) is 9.59 Å². The van der Waals surface area contributed by atoms with E-state index < -0.39 is 5.97 Å². The normalized spacial score (nSPS) is 15.0. The van der Waals surface area contributed by atoms with Gasteiger partial charge in [-0.3, -0.25) is 4.79 Å². The van der Waals surface area contributed by atoms with Gasteiger partial charge in [-0.05, 0) is 12.1 Å². The van der Waals surface area contributed by atoms with Gasteiger partial charge in [0.05, 0.1) is 6.42 Å². The van der Waals surface area contributed by atoms with Crippen molar-refractivity contribution in [3.8, 4) is 0 Å². The highest BCUT2D eigenvalue weighted by atomic mass is 16.4. The summed E-state index contributed by atoms with van der Waals surface area (Å²) >= 11 is 0. The summed E-state index contributed by atoms with van der Waals surface area (Å²) in [5.41, 5.74) is 0. The predicted octanol–water partition coefficient (Wildman–Crippen LogP) is 0.388. The van der Waals surface area contributed by atoms with Gasteiger partial charge in [0, 0.05) is 38.9 Å². The summed E-state index contributed by atoms with van der Waals surface area (Å²) < 4.78 is 0. The monoisotopic (exact) mass is 278 g/mol. The fourth-order valence-electron chi connectivity index (χ4n) is 2.07. The van der Waals surface area contributed by atoms with Gasteiger partial charge in [-0.25, -0.2) is 9.78 Å². The average molecular weight is 278 g/mol. The second-order valence-electron chi connectivity index (χ2n) is 4.54. The highest BCUT2D eigenvalue weighted by Crippen LogP contribution is 2.12. The lowest BCUT2D eigenvalue weighted by Gasteiger charge is -2.35. The van der Waals surface area contributed by atoms with Gasteiger partial charge >= 0.3 is 12.0 Å². The fourth-order valence-corrected chi connectivity index (χ4v) is 2.07. The Morgan fingerprint density at radius 3 is 2.60 bits per heavy atom. The van der Waals surface area contributed by atoms with Gasteiger partial charge in [0.1, 0.15) is 5.82 Å². The van der Waals surface area contributed by atoms with Gasteiger partial charge in [0.25, 0.3) is 0 Å². The van der Waals surface area contributed by atoms with Crippen LogP contribution in [0.4, 0.5) is 10.6 Å². The Labute approximate surface area is 117 Å². The Bertz CT molecular complexity index is 458. The summed E-state index contributed by atoms with van der Waals surface area (Å²) in [5.74, 6) is 0.00343. The molecule has 7 nitrogen and oxygen atoms in total. The molecule has 0 spiro atoms. The SMILES string of the molecule is O=C(O)CCNC(=O)N1CCN(c2ccccn2)CC1. The number of hydrogen-bond donors (Lipinski definition) is 2. The van der Waals surface area contributed by atoms with Crippen molar-refractivity contribution in [3.05, 3.63) is 24.4 Å². The Balaban J connectivity index is 1.76. The van der Waals surface area contributed by atoms with Crippen molar-refractivity contribution >= 4 is 17.8 Å². The molecule has 0 unspecified atom stereocenters. The first-order valence-electron chi connectivity index (χ1n) is 6.57. The number of piperazine rings is 1. The molecule has 108 valence electrons. The highest BCUT2D eigenvalue weighted by Gasteiger charge is 2.21. The number of aliphatic carboxylic acids is 1. The highest BCUT2D eigenvalue weighted by molar-refractivity contribution is 5.75. The molecule has 1 fully saturated rings. The zero-order valence-electron chi connectivity index (χ0n) is 11.2. The first-order valence-corrected chi connectivity index (χ1v) is 6.57. The van der Waals surface area contributed by atoms with Crippen LogP contribution in [0.3, 0.4) is 0 Å². The minimum atomic E-state index is -0.912. The summed E-state index contributed by atoms with van der Waals surface area (Å²) in [6, 6.07) is 5.55. The number of anilines is 1. The van der Waals surface area contributed by atoms with Crippen molar-refractivity contribution in [1.29, 1.82) is 0 Å². The van der Waals surface area contributed by atoms with Crippen LogP contribution in [0.2, 0.25) is 0 Å². The van der Waals surface area contributed by atoms with E-state index in [1.54, 1.807) is 11.1 Å². The number of urea groups is 1. The number of carbonyl (C=O) groups is 2. The number of nitrogens with zero attached hydrogens (tertiary/aromatic N) is 3. The van der Waals surface area contributed by atoms with Crippen molar-refractivity contribution in [2.45, 2.75) is 6.42 Å². The Hall–Kier alpha value is -2.31. The van der Waals surface area contributed by atoms with Crippen LogP contribution in [0.5, 0.6) is 0 Å². The average Bonchev–Trinajstić information content (AvgIpc) is 2.48. The standard InChI is InChI=1S/C13H18N4O3/c18-12(19)4-6-15-13(20)17-9-7-16(8-10-17)11-3-1-2-5-14-11/h1-3,5H,4,6-10H2,(H,15,20)(H,18,19). The molecule has 0 radical (unpaired) electrons. The minimum Gasteiger partial charge on any atom is -0.481 e. The predicted molar refractivity (Wildman–Crippen MR) is 73.7 cm³/mol. The van der Waals surface area contributed by atoms with Crippen molar-refractivity contribution in [2.24, 2.45) is 0 Å². The van der Waals surface area contributed by atoms with E-state index in [1.165, 1.54) is 0 Å². The number of amides is 2. The van der Waals surface area contributed by atoms with Crippen LogP contribution < -0.4 is 10.2 Å². The molecule has 2 amide bonds. The van der Waals surface area contributed by atoms with Crippen molar-refractivity contribution < 1.29 is 14.7 Å². The third-order valence-electron chi connectivity index (χ3n) is 3.16. The smallest absolute Gasteiger partial charge is 0.317 e. The number of carboxylic acid groups (broad SMARTS) is 1. The summed E-state index contributed by atoms with van der Waals surface area (Å²) in [4.78, 5) is 30.3. The van der Waals surface area contributed by atoms with Crippen molar-refractivity contribution in [2.75, 3.05) is 37.6 Å². The number of aromatic nitrogens is 1. The van der Waals surface area contributed by atoms with E-state index in [0.29, 0.717) is 13.1 Å². The molecular formula is C13H18N4O3. The summed E-state index contributed by atoms with van der Waals surface area (Å²) in [5, 5.41) is 11.1. The Morgan fingerprint density at radius 2 is 2.00 bits per heavy atom. The maximum absolute atomic E-state index is 11.8. The van der Waals surface area contributed by atoms with E-state index >= 15 is 0 Å². The largest absolute Gasteiger partial charge is 0.481 e. The molecule has 0 atom stereocenters. The second kappa shape index (κ2) is 6.74. The maximum Gasteiger partial charge on any atom is 0.317 e. The van der Waals surface area contributed by atoms with Crippen LogP contribution in [0.25, 0.3) is 0 Å². The molecule has 1 aromatic rings. The number of pyridine rings is 1. The molecular weight excluding hydrogens is 260 g/mol. The molecule has 1 aromatic heterocycles. The lowest BCUT2D eigenvalue weighted by atomic mass is 10.3. The molecule has 2 N–H and O–H groups in total. The summed E-state index contributed by atoms with van der Waals surface area (Å²) in [6.45, 7) is 2.83. The van der Waals surface area contributed by atoms with Crippen LogP contribution in [-0.2, 0) is 4.79 Å². The van der Waals surface area contributed by atoms with Crippen LogP contribution >= 0.6 is 0 Å². The van der Waals surface area contributed by atoms with Gasteiger partial charge < -0.3 is 20.2 Å². The van der Waals surface area contributed by atoms with E-state index in [1.807, 2.05) is 18.2 Å². The van der Waals surface area contributed by atoms with E-state index in [4.69, 9.17) is 5.11 Å². The first-order chi connectivity index (χ1) is 9.66. The molecule has 1 aliphatic heterocycles. The lowest BCUT2D eigenvalue weighted by Crippen LogP contribution is -2.52. The molecule has 7 heteroatoms. The van der Waals surface area contributed by atoms with Crippen LogP contribution in [-0.4, -0.2) is 59.7 Å². The lowest BCUT2D eigenvalue weighted by molar-refractivity contribution is -0.136. The van der Waals surface area contributed by atoms with Gasteiger partial charge in [0.2, 0.25) is 0 Å². The number of carboxylic acids is 1. The minimum absolute atomic E-state index is 0.0559. The summed E-state index contributed by atoms with van der Waals surface area (Å²) in [6.07, 6.45) is 1.69. The summed E-state index contributed by atoms with van der Waals surface area (Å²) in [7, 11) is 0. The molecule has 0 aliphatic carbocycles. The Kier molecular flexibility index (Phi) is 4.75. The van der Waals surface area contributed by atoms with Gasteiger partial charge in [-0.15, -0.1) is 0 Å². The van der Waals surface area contributed by atoms with Crippen molar-refractivity contribution in [1.82, 2.24) is 15.2 Å². The van der Waals surface area contributed by atoms with Gasteiger partial charge in [-0.2, -0.15) is 0 Å². The molecule has 0 aromatic carbocycles. The molecule has 0 saturated carbocycles. The van der Waals surface area contributed by atoms with Gasteiger partial charge in [0.15, 0.2) is 0 Å². The van der Waals surface area contributed by atoms with Crippen LogP contribution in [0.15, 0.2) is 24.4 Å². The molecule has 20 heavy (non-hydrogen) atoms. The van der Waals surface area contributed by atoms with E-state index in [-0.39, 0.29) is 19.0 Å². The number of rotatable bonds is 4. The van der Waals surface area contributed by atoms with Crippen molar-refractivity contribution in [3.63, 3.8) is 0 Å². The number of hydrogen-bond acceptors (Lipinski definition) is 4. The third kappa shape index (κ3) is 3.84. The second-order valence-corrected chi connectivity index (χ2v) is 4.54.